The van der Waals surface area contributed by atoms with E-state index in [0.717, 1.165) is 0 Å². The molecule has 3 rings (SSSR count). The number of nitrogens with one attached hydrogen (secondary N) is 2. The van der Waals surface area contributed by atoms with E-state index < -0.39 is 23.8 Å². The minimum Gasteiger partial charge on any atom is -0.444 e. The van der Waals surface area contributed by atoms with Gasteiger partial charge in [-0.05, 0) is 39.0 Å². The molecule has 1 atom stereocenters. The van der Waals surface area contributed by atoms with Crippen molar-refractivity contribution in [3.05, 3.63) is 28.8 Å². The van der Waals surface area contributed by atoms with Crippen LogP contribution < -0.4 is 15.5 Å². The predicted molar refractivity (Wildman–Crippen MR) is 111 cm³/mol. The summed E-state index contributed by atoms with van der Waals surface area (Å²) in [7, 11) is 0. The summed E-state index contributed by atoms with van der Waals surface area (Å²) in [5, 5.41) is 5.64. The Morgan fingerprint density at radius 3 is 2.60 bits per heavy atom. The van der Waals surface area contributed by atoms with Crippen molar-refractivity contribution in [1.29, 1.82) is 0 Å². The molecular weight excluding hydrogens is 412 g/mol. The van der Waals surface area contributed by atoms with Crippen LogP contribution in [0.15, 0.2) is 18.2 Å². The highest BCUT2D eigenvalue weighted by atomic mass is 35.5. The molecule has 0 aliphatic carbocycles. The highest BCUT2D eigenvalue weighted by Crippen LogP contribution is 2.29. The average Bonchev–Trinajstić information content (AvgIpc) is 2.67. The standard InChI is InChI=1S/C20H25ClN4O5/c1-20(2,3)30-19(29)25-9-7-22-11-15(25)17(27)12-4-5-13(21)14(10-12)24-8-6-16(26)23-18(24)28/h4-5,10,15,22H,6-9,11H2,1-3H3,(H,23,26,28). The highest BCUT2D eigenvalue weighted by molar-refractivity contribution is 6.34. The third-order valence-electron chi connectivity index (χ3n) is 4.75. The first-order valence-electron chi connectivity index (χ1n) is 9.72. The van der Waals surface area contributed by atoms with Gasteiger partial charge in [0.2, 0.25) is 5.91 Å². The van der Waals surface area contributed by atoms with Crippen LogP contribution in [0, 0.1) is 0 Å². The first-order valence-corrected chi connectivity index (χ1v) is 10.1. The number of piperazine rings is 1. The zero-order valence-corrected chi connectivity index (χ0v) is 17.9. The maximum absolute atomic E-state index is 13.3. The second-order valence-corrected chi connectivity index (χ2v) is 8.59. The van der Waals surface area contributed by atoms with Gasteiger partial charge in [0.1, 0.15) is 11.6 Å². The number of halogens is 1. The number of nitrogens with zero attached hydrogens (tertiary/aromatic N) is 2. The second-order valence-electron chi connectivity index (χ2n) is 8.18. The van der Waals surface area contributed by atoms with Crippen molar-refractivity contribution >= 4 is 41.1 Å². The SMILES string of the molecule is CC(C)(C)OC(=O)N1CCNCC1C(=O)c1ccc(Cl)c(N2CCC(=O)NC2=O)c1. The van der Waals surface area contributed by atoms with Crippen LogP contribution in [0.25, 0.3) is 0 Å². The lowest BCUT2D eigenvalue weighted by Gasteiger charge is -2.36. The molecule has 0 aromatic heterocycles. The maximum atomic E-state index is 13.3. The Hall–Kier alpha value is -2.65. The van der Waals surface area contributed by atoms with Crippen molar-refractivity contribution < 1.29 is 23.9 Å². The van der Waals surface area contributed by atoms with Crippen LogP contribution in [-0.4, -0.2) is 66.5 Å². The van der Waals surface area contributed by atoms with Crippen LogP contribution in [0.4, 0.5) is 15.3 Å². The van der Waals surface area contributed by atoms with Gasteiger partial charge in [0.05, 0.1) is 10.7 Å². The van der Waals surface area contributed by atoms with Crippen LogP contribution in [0.5, 0.6) is 0 Å². The number of imide groups is 1. The van der Waals surface area contributed by atoms with E-state index >= 15 is 0 Å². The van der Waals surface area contributed by atoms with Crippen LogP contribution in [0.2, 0.25) is 5.02 Å². The molecule has 0 saturated carbocycles. The zero-order chi connectivity index (χ0) is 22.1. The summed E-state index contributed by atoms with van der Waals surface area (Å²) in [6.45, 7) is 6.64. The fourth-order valence-electron chi connectivity index (χ4n) is 3.34. The van der Waals surface area contributed by atoms with E-state index in [1.165, 1.54) is 21.9 Å². The number of rotatable bonds is 3. The summed E-state index contributed by atoms with van der Waals surface area (Å²) in [5.41, 5.74) is -0.0383. The molecule has 162 valence electrons. The minimum absolute atomic E-state index is 0.138. The fraction of sp³-hybridized carbons (Fsp3) is 0.500. The van der Waals surface area contributed by atoms with Crippen LogP contribution in [-0.2, 0) is 9.53 Å². The Bertz CT molecular complexity index is 882. The number of anilines is 1. The van der Waals surface area contributed by atoms with Crippen LogP contribution in [0.3, 0.4) is 0 Å². The molecule has 2 aliphatic rings. The summed E-state index contributed by atoms with van der Waals surface area (Å²) in [6, 6.07) is 3.26. The topological polar surface area (TPSA) is 108 Å². The number of carbonyl (C=O) groups is 4. The van der Waals surface area contributed by atoms with Gasteiger partial charge in [0.15, 0.2) is 5.78 Å². The first-order chi connectivity index (χ1) is 14.1. The molecule has 2 saturated heterocycles. The molecule has 2 N–H and O–H groups in total. The Morgan fingerprint density at radius 2 is 1.93 bits per heavy atom. The Kier molecular flexibility index (Phi) is 6.33. The minimum atomic E-state index is -0.751. The number of benzene rings is 1. The van der Waals surface area contributed by atoms with Gasteiger partial charge in [-0.3, -0.25) is 24.7 Å². The van der Waals surface area contributed by atoms with Crippen molar-refractivity contribution in [2.45, 2.75) is 38.8 Å². The van der Waals surface area contributed by atoms with Crippen molar-refractivity contribution in [1.82, 2.24) is 15.5 Å². The molecular formula is C20H25ClN4O5. The molecule has 10 heteroatoms. The van der Waals surface area contributed by atoms with Gasteiger partial charge >= 0.3 is 12.1 Å². The Labute approximate surface area is 179 Å². The van der Waals surface area contributed by atoms with Gasteiger partial charge in [-0.1, -0.05) is 11.6 Å². The second kappa shape index (κ2) is 8.61. The normalized spacial score (nSPS) is 20.1. The summed E-state index contributed by atoms with van der Waals surface area (Å²) >= 11 is 6.26. The molecule has 2 aliphatic heterocycles. The van der Waals surface area contributed by atoms with Gasteiger partial charge in [0.25, 0.3) is 0 Å². The summed E-state index contributed by atoms with van der Waals surface area (Å²) < 4.78 is 5.45. The summed E-state index contributed by atoms with van der Waals surface area (Å²) in [5.74, 6) is -0.652. The van der Waals surface area contributed by atoms with E-state index in [1.54, 1.807) is 26.8 Å². The quantitative estimate of drug-likeness (QED) is 0.703. The van der Waals surface area contributed by atoms with Gasteiger partial charge < -0.3 is 10.1 Å². The number of amides is 4. The van der Waals surface area contributed by atoms with Crippen molar-refractivity contribution in [3.8, 4) is 0 Å². The lowest BCUT2D eigenvalue weighted by Crippen LogP contribution is -2.57. The van der Waals surface area contributed by atoms with Crippen molar-refractivity contribution in [2.24, 2.45) is 0 Å². The number of Topliss-reactive ketones (excluding diaryl/α,β-unsaturated/α-hetero) is 1. The average molecular weight is 437 g/mol. The largest absolute Gasteiger partial charge is 0.444 e. The first kappa shape index (κ1) is 22.0. The number of urea groups is 1. The van der Waals surface area contributed by atoms with E-state index in [0.29, 0.717) is 24.3 Å². The molecule has 2 fully saturated rings. The lowest BCUT2D eigenvalue weighted by molar-refractivity contribution is -0.120. The molecule has 2 heterocycles. The highest BCUT2D eigenvalue weighted by Gasteiger charge is 2.36. The van der Waals surface area contributed by atoms with Crippen LogP contribution in [0.1, 0.15) is 37.6 Å². The van der Waals surface area contributed by atoms with Crippen molar-refractivity contribution in [2.75, 3.05) is 31.1 Å². The Morgan fingerprint density at radius 1 is 1.20 bits per heavy atom. The molecule has 1 aromatic carbocycles. The van der Waals surface area contributed by atoms with E-state index in [4.69, 9.17) is 16.3 Å². The van der Waals surface area contributed by atoms with Gasteiger partial charge in [-0.25, -0.2) is 9.59 Å². The number of ether oxygens (including phenoxy) is 1. The lowest BCUT2D eigenvalue weighted by atomic mass is 10.0. The number of carbonyl (C=O) groups excluding carboxylic acids is 4. The Balaban J connectivity index is 1.85. The van der Waals surface area contributed by atoms with E-state index in [9.17, 15) is 19.2 Å². The fourth-order valence-corrected chi connectivity index (χ4v) is 3.56. The number of hydrogen-bond donors (Lipinski definition) is 2. The van der Waals surface area contributed by atoms with E-state index in [-0.39, 0.29) is 36.2 Å². The van der Waals surface area contributed by atoms with E-state index in [1.807, 2.05) is 0 Å². The maximum Gasteiger partial charge on any atom is 0.411 e. The summed E-state index contributed by atoms with van der Waals surface area (Å²) in [6.07, 6.45) is -0.412. The van der Waals surface area contributed by atoms with E-state index in [2.05, 4.69) is 10.6 Å². The third kappa shape index (κ3) is 4.91. The molecule has 30 heavy (non-hydrogen) atoms. The molecule has 0 bridgehead atoms. The van der Waals surface area contributed by atoms with Crippen molar-refractivity contribution in [3.63, 3.8) is 0 Å². The molecule has 0 radical (unpaired) electrons. The third-order valence-corrected chi connectivity index (χ3v) is 5.07. The van der Waals surface area contributed by atoms with Gasteiger partial charge in [0, 0.05) is 38.2 Å². The molecule has 9 nitrogen and oxygen atoms in total. The van der Waals surface area contributed by atoms with Gasteiger partial charge in [-0.2, -0.15) is 0 Å². The van der Waals surface area contributed by atoms with Gasteiger partial charge in [-0.15, -0.1) is 0 Å². The monoisotopic (exact) mass is 436 g/mol. The zero-order valence-electron chi connectivity index (χ0n) is 17.2. The summed E-state index contributed by atoms with van der Waals surface area (Å²) in [4.78, 5) is 52.2. The molecule has 0 spiro atoms. The van der Waals surface area contributed by atoms with Crippen LogP contribution >= 0.6 is 11.6 Å². The number of hydrogen-bond acceptors (Lipinski definition) is 6. The molecule has 1 unspecified atom stereocenters. The molecule has 4 amide bonds. The smallest absolute Gasteiger partial charge is 0.411 e. The number of ketones is 1. The molecule has 1 aromatic rings. The predicted octanol–water partition coefficient (Wildman–Crippen LogP) is 2.18.